The Morgan fingerprint density at radius 3 is 2.40 bits per heavy atom. The normalized spacial score (nSPS) is 10.5. The fourth-order valence-electron chi connectivity index (χ4n) is 2.25. The summed E-state index contributed by atoms with van der Waals surface area (Å²) in [7, 11) is 0. The molecule has 0 aliphatic rings. The Hall–Kier alpha value is -2.79. The zero-order valence-electron chi connectivity index (χ0n) is 15.0. The molecule has 25 heavy (non-hydrogen) atoms. The van der Waals surface area contributed by atoms with E-state index in [1.165, 1.54) is 11.1 Å². The maximum atomic E-state index is 11.5. The fraction of sp³-hybridized carbons (Fsp3) is 0.261. The highest BCUT2D eigenvalue weighted by atomic mass is 16.1. The first-order valence-corrected chi connectivity index (χ1v) is 8.74. The second kappa shape index (κ2) is 10.2. The number of unbranched alkanes of at least 4 members (excludes halogenated alkanes) is 1. The van der Waals surface area contributed by atoms with E-state index in [4.69, 9.17) is 0 Å². The van der Waals surface area contributed by atoms with Crippen LogP contribution in [0.4, 0.5) is 0 Å². The van der Waals surface area contributed by atoms with Gasteiger partial charge in [-0.1, -0.05) is 74.2 Å². The minimum Gasteiger partial charge on any atom is -0.352 e. The Kier molecular flexibility index (Phi) is 7.53. The zero-order valence-corrected chi connectivity index (χ0v) is 15.0. The van der Waals surface area contributed by atoms with Crippen molar-refractivity contribution in [1.29, 1.82) is 0 Å². The van der Waals surface area contributed by atoms with E-state index in [1.807, 2.05) is 36.4 Å². The summed E-state index contributed by atoms with van der Waals surface area (Å²) >= 11 is 0. The van der Waals surface area contributed by atoms with Crippen LogP contribution < -0.4 is 5.32 Å². The van der Waals surface area contributed by atoms with Gasteiger partial charge < -0.3 is 5.32 Å². The summed E-state index contributed by atoms with van der Waals surface area (Å²) in [6.07, 6.45) is 5.00. The van der Waals surface area contributed by atoms with Crippen LogP contribution >= 0.6 is 0 Å². The molecule has 0 atom stereocenters. The van der Waals surface area contributed by atoms with E-state index < -0.39 is 0 Å². The van der Waals surface area contributed by atoms with E-state index in [-0.39, 0.29) is 5.91 Å². The first kappa shape index (κ1) is 18.5. The van der Waals surface area contributed by atoms with Crippen LogP contribution in [0, 0.1) is 17.8 Å². The Labute approximate surface area is 151 Å². The topological polar surface area (TPSA) is 29.1 Å². The molecule has 2 aromatic carbocycles. The predicted octanol–water partition coefficient (Wildman–Crippen LogP) is 4.81. The monoisotopic (exact) mass is 331 g/mol. The molecule has 0 radical (unpaired) electrons. The molecule has 0 saturated carbocycles. The Bertz CT molecular complexity index is 746. The largest absolute Gasteiger partial charge is 0.352 e. The van der Waals surface area contributed by atoms with E-state index in [0.717, 1.165) is 18.4 Å². The summed E-state index contributed by atoms with van der Waals surface area (Å²) < 4.78 is 0. The lowest BCUT2D eigenvalue weighted by Crippen LogP contribution is -2.25. The predicted molar refractivity (Wildman–Crippen MR) is 105 cm³/mol. The van der Waals surface area contributed by atoms with E-state index in [0.29, 0.717) is 12.5 Å². The van der Waals surface area contributed by atoms with Crippen LogP contribution in [0.3, 0.4) is 0 Å². The molecule has 0 heterocycles. The molecule has 2 aromatic rings. The lowest BCUT2D eigenvalue weighted by molar-refractivity contribution is -0.116. The summed E-state index contributed by atoms with van der Waals surface area (Å²) in [5.74, 6) is 6.76. The fourth-order valence-corrected chi connectivity index (χ4v) is 2.25. The Morgan fingerprint density at radius 2 is 1.72 bits per heavy atom. The van der Waals surface area contributed by atoms with Crippen LogP contribution in [0.15, 0.2) is 66.7 Å². The van der Waals surface area contributed by atoms with E-state index in [9.17, 15) is 4.79 Å². The van der Waals surface area contributed by atoms with Gasteiger partial charge in [0, 0.05) is 18.5 Å². The molecule has 1 amide bonds. The van der Waals surface area contributed by atoms with Gasteiger partial charge in [-0.3, -0.25) is 4.79 Å². The number of carbonyl (C=O) groups is 1. The highest BCUT2D eigenvalue weighted by Crippen LogP contribution is 2.18. The van der Waals surface area contributed by atoms with Crippen molar-refractivity contribution in [3.63, 3.8) is 0 Å². The average Bonchev–Trinajstić information content (AvgIpc) is 2.64. The van der Waals surface area contributed by atoms with Crippen molar-refractivity contribution in [3.8, 4) is 23.0 Å². The maximum Gasteiger partial charge on any atom is 0.243 e. The Balaban J connectivity index is 1.77. The molecule has 0 bridgehead atoms. The molecule has 2 rings (SSSR count). The van der Waals surface area contributed by atoms with Gasteiger partial charge in [-0.25, -0.2) is 0 Å². The zero-order chi connectivity index (χ0) is 17.9. The molecule has 2 nitrogen and oxygen atoms in total. The summed E-state index contributed by atoms with van der Waals surface area (Å²) in [6, 6.07) is 18.6. The second-order valence-corrected chi connectivity index (χ2v) is 6.33. The SMILES string of the molecule is CC(C)CNC(=O)/C=C/CCC#Cc1ccc(-c2ccccc2)cc1. The van der Waals surface area contributed by atoms with Crippen molar-refractivity contribution < 1.29 is 4.79 Å². The lowest BCUT2D eigenvalue weighted by atomic mass is 10.0. The van der Waals surface area contributed by atoms with Crippen molar-refractivity contribution in [3.05, 3.63) is 72.3 Å². The maximum absolute atomic E-state index is 11.5. The number of rotatable bonds is 6. The molecule has 1 N–H and O–H groups in total. The average molecular weight is 331 g/mol. The van der Waals surface area contributed by atoms with Crippen LogP contribution in [0.25, 0.3) is 11.1 Å². The number of hydrogen-bond donors (Lipinski definition) is 1. The van der Waals surface area contributed by atoms with Gasteiger partial charge in [0.05, 0.1) is 0 Å². The number of carbonyl (C=O) groups excluding carboxylic acids is 1. The standard InChI is InChI=1S/C23H25NO/c1-19(2)18-24-23(25)13-9-4-3-6-10-20-14-16-22(17-15-20)21-11-7-5-8-12-21/h5,7-9,11-17,19H,3-4,18H2,1-2H3,(H,24,25)/b13-9+. The van der Waals surface area contributed by atoms with Gasteiger partial charge in [-0.2, -0.15) is 0 Å². The molecule has 2 heteroatoms. The highest BCUT2D eigenvalue weighted by molar-refractivity contribution is 5.87. The van der Waals surface area contributed by atoms with Gasteiger partial charge in [-0.05, 0) is 41.7 Å². The summed E-state index contributed by atoms with van der Waals surface area (Å²) in [6.45, 7) is 4.86. The van der Waals surface area contributed by atoms with Crippen LogP contribution in [-0.4, -0.2) is 12.5 Å². The van der Waals surface area contributed by atoms with E-state index in [1.54, 1.807) is 6.08 Å². The van der Waals surface area contributed by atoms with Crippen molar-refractivity contribution in [2.24, 2.45) is 5.92 Å². The molecule has 0 aliphatic heterocycles. The van der Waals surface area contributed by atoms with E-state index >= 15 is 0 Å². The molecular weight excluding hydrogens is 306 g/mol. The number of amides is 1. The van der Waals surface area contributed by atoms with Gasteiger partial charge in [0.15, 0.2) is 0 Å². The van der Waals surface area contributed by atoms with Crippen LogP contribution in [0.1, 0.15) is 32.3 Å². The van der Waals surface area contributed by atoms with Gasteiger partial charge in [0.25, 0.3) is 0 Å². The van der Waals surface area contributed by atoms with Crippen LogP contribution in [-0.2, 0) is 4.79 Å². The highest BCUT2D eigenvalue weighted by Gasteiger charge is 1.97. The molecule has 0 unspecified atom stereocenters. The minimum atomic E-state index is -0.0295. The molecule has 0 saturated heterocycles. The molecule has 128 valence electrons. The quantitative estimate of drug-likeness (QED) is 0.459. The number of benzene rings is 2. The molecule has 0 aliphatic carbocycles. The van der Waals surface area contributed by atoms with Crippen LogP contribution in [0.5, 0.6) is 0 Å². The van der Waals surface area contributed by atoms with Gasteiger partial charge >= 0.3 is 0 Å². The summed E-state index contributed by atoms with van der Waals surface area (Å²) in [5, 5.41) is 2.86. The van der Waals surface area contributed by atoms with Gasteiger partial charge in [0.1, 0.15) is 0 Å². The summed E-state index contributed by atoms with van der Waals surface area (Å²) in [5.41, 5.74) is 3.42. The van der Waals surface area contributed by atoms with Gasteiger partial charge in [-0.15, -0.1) is 0 Å². The molecule has 0 spiro atoms. The van der Waals surface area contributed by atoms with Crippen LogP contribution in [0.2, 0.25) is 0 Å². The van der Waals surface area contributed by atoms with Crippen molar-refractivity contribution in [2.45, 2.75) is 26.7 Å². The minimum absolute atomic E-state index is 0.0295. The van der Waals surface area contributed by atoms with Crippen molar-refractivity contribution in [1.82, 2.24) is 5.32 Å². The van der Waals surface area contributed by atoms with Gasteiger partial charge in [0.2, 0.25) is 5.91 Å². The van der Waals surface area contributed by atoms with Crippen molar-refractivity contribution >= 4 is 5.91 Å². The number of nitrogens with one attached hydrogen (secondary N) is 1. The summed E-state index contributed by atoms with van der Waals surface area (Å²) in [4.78, 5) is 11.5. The first-order chi connectivity index (χ1) is 12.1. The third-order valence-corrected chi connectivity index (χ3v) is 3.61. The molecule has 0 fully saturated rings. The third kappa shape index (κ3) is 7.10. The lowest BCUT2D eigenvalue weighted by Gasteiger charge is -2.03. The second-order valence-electron chi connectivity index (χ2n) is 6.33. The number of allylic oxidation sites excluding steroid dienone is 1. The molecular formula is C23H25NO. The first-order valence-electron chi connectivity index (χ1n) is 8.74. The molecule has 0 aromatic heterocycles. The smallest absolute Gasteiger partial charge is 0.243 e. The number of hydrogen-bond acceptors (Lipinski definition) is 1. The Morgan fingerprint density at radius 1 is 1.04 bits per heavy atom. The van der Waals surface area contributed by atoms with Crippen molar-refractivity contribution in [2.75, 3.05) is 6.54 Å². The van der Waals surface area contributed by atoms with E-state index in [2.05, 4.69) is 55.3 Å². The third-order valence-electron chi connectivity index (χ3n) is 3.61.